The van der Waals surface area contributed by atoms with Gasteiger partial charge in [-0.1, -0.05) is 36.5 Å². The van der Waals surface area contributed by atoms with Crippen LogP contribution in [-0.2, 0) is 12.8 Å². The van der Waals surface area contributed by atoms with Crippen LogP contribution >= 0.6 is 23.2 Å². The Kier molecular flexibility index (Phi) is 4.84. The lowest BCUT2D eigenvalue weighted by Gasteiger charge is -2.12. The molecule has 1 N–H and O–H groups in total. The largest absolute Gasteiger partial charge is 0.370 e. The molecule has 0 fully saturated rings. The van der Waals surface area contributed by atoms with E-state index in [1.165, 1.54) is 5.56 Å². The predicted molar refractivity (Wildman–Crippen MR) is 92.9 cm³/mol. The summed E-state index contributed by atoms with van der Waals surface area (Å²) >= 11 is 12.2. The molecular formula is C17H19Cl2N3. The molecule has 0 aliphatic heterocycles. The molecule has 0 spiro atoms. The number of aryl methyl sites for hydroxylation is 1. The number of anilines is 1. The summed E-state index contributed by atoms with van der Waals surface area (Å²) in [4.78, 5) is 9.46. The number of hydrogen-bond donors (Lipinski definition) is 1. The number of nitrogens with zero attached hydrogens (tertiary/aromatic N) is 2. The third-order valence-electron chi connectivity index (χ3n) is 3.88. The topological polar surface area (TPSA) is 37.8 Å². The van der Waals surface area contributed by atoms with Crippen molar-refractivity contribution in [1.82, 2.24) is 9.97 Å². The molecule has 0 unspecified atom stereocenters. The molecule has 2 aromatic rings. The number of rotatable bonds is 5. The summed E-state index contributed by atoms with van der Waals surface area (Å²) in [6, 6.07) is 5.44. The first-order chi connectivity index (χ1) is 10.7. The van der Waals surface area contributed by atoms with E-state index in [0.29, 0.717) is 15.9 Å². The van der Waals surface area contributed by atoms with E-state index in [2.05, 4.69) is 12.2 Å². The third-order valence-corrected chi connectivity index (χ3v) is 4.31. The molecule has 0 saturated heterocycles. The Hall–Kier alpha value is -1.32. The van der Waals surface area contributed by atoms with Crippen LogP contribution in [-0.4, -0.2) is 16.5 Å². The smallest absolute Gasteiger partial charge is 0.161 e. The Labute approximate surface area is 141 Å². The number of hydrogen-bond acceptors (Lipinski definition) is 3. The van der Waals surface area contributed by atoms with Crippen molar-refractivity contribution in [2.24, 2.45) is 0 Å². The van der Waals surface area contributed by atoms with Crippen LogP contribution < -0.4 is 5.32 Å². The van der Waals surface area contributed by atoms with Gasteiger partial charge in [0.05, 0.1) is 0 Å². The van der Waals surface area contributed by atoms with Crippen molar-refractivity contribution >= 4 is 29.0 Å². The lowest BCUT2D eigenvalue weighted by atomic mass is 10.2. The molecule has 1 aromatic heterocycles. The summed E-state index contributed by atoms with van der Waals surface area (Å²) in [5, 5.41) is 4.68. The van der Waals surface area contributed by atoms with E-state index in [4.69, 9.17) is 33.2 Å². The van der Waals surface area contributed by atoms with Gasteiger partial charge < -0.3 is 5.32 Å². The first-order valence-corrected chi connectivity index (χ1v) is 8.53. The van der Waals surface area contributed by atoms with Crippen molar-refractivity contribution in [2.45, 2.75) is 39.0 Å². The number of unbranched alkanes of at least 4 members (excludes halogenated alkanes) is 1. The molecule has 1 heterocycles. The quantitative estimate of drug-likeness (QED) is 0.767. The standard InChI is InChI=1S/C17H19Cl2N3/c1-2-3-7-20-17-14-5-4-6-15(14)21-16(22-17)11-8-12(18)10-13(19)9-11/h8-10H,2-7H2,1H3,(H,20,21,22). The second kappa shape index (κ2) is 6.84. The highest BCUT2D eigenvalue weighted by atomic mass is 35.5. The summed E-state index contributed by atoms with van der Waals surface area (Å²) in [6.07, 6.45) is 5.52. The van der Waals surface area contributed by atoms with Crippen molar-refractivity contribution in [3.63, 3.8) is 0 Å². The fraction of sp³-hybridized carbons (Fsp3) is 0.412. The Morgan fingerprint density at radius 3 is 2.59 bits per heavy atom. The van der Waals surface area contributed by atoms with Gasteiger partial charge in [0, 0.05) is 33.4 Å². The van der Waals surface area contributed by atoms with Gasteiger partial charge in [0.15, 0.2) is 5.82 Å². The Bertz CT molecular complexity index is 666. The van der Waals surface area contributed by atoms with Gasteiger partial charge in [-0.15, -0.1) is 0 Å². The van der Waals surface area contributed by atoms with Crippen molar-refractivity contribution in [2.75, 3.05) is 11.9 Å². The summed E-state index contributed by atoms with van der Waals surface area (Å²) in [5.41, 5.74) is 3.29. The van der Waals surface area contributed by atoms with Crippen molar-refractivity contribution in [3.8, 4) is 11.4 Å². The molecule has 0 saturated carbocycles. The van der Waals surface area contributed by atoms with Crippen LogP contribution in [0.2, 0.25) is 10.0 Å². The molecule has 0 bridgehead atoms. The highest BCUT2D eigenvalue weighted by Crippen LogP contribution is 2.31. The summed E-state index contributed by atoms with van der Waals surface area (Å²) in [6.45, 7) is 3.13. The number of nitrogens with one attached hydrogen (secondary N) is 1. The monoisotopic (exact) mass is 335 g/mol. The lowest BCUT2D eigenvalue weighted by Crippen LogP contribution is -2.08. The summed E-state index contributed by atoms with van der Waals surface area (Å²) < 4.78 is 0. The molecule has 0 radical (unpaired) electrons. The zero-order valence-electron chi connectivity index (χ0n) is 12.6. The van der Waals surface area contributed by atoms with E-state index in [9.17, 15) is 0 Å². The molecule has 1 aromatic carbocycles. The SMILES string of the molecule is CCCCNc1nc(-c2cc(Cl)cc(Cl)c2)nc2c1CCC2. The van der Waals surface area contributed by atoms with E-state index in [1.54, 1.807) is 6.07 Å². The number of fused-ring (bicyclic) bond motifs is 1. The van der Waals surface area contributed by atoms with Crippen LogP contribution in [0.3, 0.4) is 0 Å². The maximum absolute atomic E-state index is 6.10. The van der Waals surface area contributed by atoms with E-state index >= 15 is 0 Å². The fourth-order valence-electron chi connectivity index (χ4n) is 2.77. The van der Waals surface area contributed by atoms with Gasteiger partial charge in [0.1, 0.15) is 5.82 Å². The van der Waals surface area contributed by atoms with Gasteiger partial charge in [-0.05, 0) is 43.9 Å². The van der Waals surface area contributed by atoms with Crippen LogP contribution in [0.25, 0.3) is 11.4 Å². The minimum Gasteiger partial charge on any atom is -0.370 e. The molecule has 22 heavy (non-hydrogen) atoms. The first kappa shape index (κ1) is 15.6. The van der Waals surface area contributed by atoms with Crippen LogP contribution in [0.15, 0.2) is 18.2 Å². The average molecular weight is 336 g/mol. The number of benzene rings is 1. The van der Waals surface area contributed by atoms with Gasteiger partial charge >= 0.3 is 0 Å². The van der Waals surface area contributed by atoms with Crippen LogP contribution in [0.1, 0.15) is 37.4 Å². The van der Waals surface area contributed by atoms with Crippen molar-refractivity contribution in [1.29, 1.82) is 0 Å². The zero-order chi connectivity index (χ0) is 15.5. The summed E-state index contributed by atoms with van der Waals surface area (Å²) in [5.74, 6) is 1.67. The maximum Gasteiger partial charge on any atom is 0.161 e. The van der Waals surface area contributed by atoms with E-state index < -0.39 is 0 Å². The van der Waals surface area contributed by atoms with Gasteiger partial charge in [-0.2, -0.15) is 0 Å². The first-order valence-electron chi connectivity index (χ1n) is 7.77. The molecular weight excluding hydrogens is 317 g/mol. The second-order valence-electron chi connectivity index (χ2n) is 5.61. The number of aromatic nitrogens is 2. The molecule has 3 rings (SSSR count). The minimum atomic E-state index is 0.604. The summed E-state index contributed by atoms with van der Waals surface area (Å²) in [7, 11) is 0. The maximum atomic E-state index is 6.10. The number of halogens is 2. The average Bonchev–Trinajstić information content (AvgIpc) is 2.95. The normalized spacial score (nSPS) is 13.2. The van der Waals surface area contributed by atoms with Crippen LogP contribution in [0.4, 0.5) is 5.82 Å². The fourth-order valence-corrected chi connectivity index (χ4v) is 3.30. The lowest BCUT2D eigenvalue weighted by molar-refractivity contribution is 0.828. The van der Waals surface area contributed by atoms with Crippen LogP contribution in [0.5, 0.6) is 0 Å². The van der Waals surface area contributed by atoms with Gasteiger partial charge in [-0.3, -0.25) is 0 Å². The van der Waals surface area contributed by atoms with Crippen molar-refractivity contribution < 1.29 is 0 Å². The van der Waals surface area contributed by atoms with Crippen LogP contribution in [0, 0.1) is 0 Å². The highest BCUT2D eigenvalue weighted by Gasteiger charge is 2.20. The molecule has 116 valence electrons. The molecule has 3 nitrogen and oxygen atoms in total. The molecule has 1 aliphatic rings. The molecule has 1 aliphatic carbocycles. The zero-order valence-corrected chi connectivity index (χ0v) is 14.1. The van der Waals surface area contributed by atoms with E-state index in [-0.39, 0.29) is 0 Å². The second-order valence-corrected chi connectivity index (χ2v) is 6.49. The van der Waals surface area contributed by atoms with E-state index in [1.807, 2.05) is 12.1 Å². The van der Waals surface area contributed by atoms with Gasteiger partial charge in [-0.25, -0.2) is 9.97 Å². The predicted octanol–water partition coefficient (Wildman–Crippen LogP) is 5.15. The van der Waals surface area contributed by atoms with Gasteiger partial charge in [0.25, 0.3) is 0 Å². The third kappa shape index (κ3) is 3.36. The van der Waals surface area contributed by atoms with E-state index in [0.717, 1.165) is 55.7 Å². The Balaban J connectivity index is 1.99. The highest BCUT2D eigenvalue weighted by molar-refractivity contribution is 6.35. The Morgan fingerprint density at radius 2 is 1.86 bits per heavy atom. The molecule has 5 heteroatoms. The minimum absolute atomic E-state index is 0.604. The van der Waals surface area contributed by atoms with Gasteiger partial charge in [0.2, 0.25) is 0 Å². The van der Waals surface area contributed by atoms with Crippen molar-refractivity contribution in [3.05, 3.63) is 39.5 Å². The molecule has 0 atom stereocenters. The molecule has 0 amide bonds. The Morgan fingerprint density at radius 1 is 1.09 bits per heavy atom.